The van der Waals surface area contributed by atoms with Crippen molar-refractivity contribution < 1.29 is 0 Å². The smallest absolute Gasteiger partial charge is 0.134 e. The molecule has 0 aromatic heterocycles. The molecule has 0 N–H and O–H groups in total. The first kappa shape index (κ1) is 9.72. The quantitative estimate of drug-likeness (QED) is 0.629. The summed E-state index contributed by atoms with van der Waals surface area (Å²) in [6.07, 6.45) is 2.71. The predicted molar refractivity (Wildman–Crippen MR) is 61.3 cm³/mol. The Kier molecular flexibility index (Phi) is 2.87. The second-order valence-electron chi connectivity index (χ2n) is 4.44. The largest absolute Gasteiger partial charge is 0.180 e. The van der Waals surface area contributed by atoms with E-state index in [-0.39, 0.29) is 0 Å². The maximum Gasteiger partial charge on any atom is 0.180 e. The Morgan fingerprint density at radius 2 is 1.57 bits per heavy atom. The number of anilines is 1. The molecule has 0 bridgehead atoms. The van der Waals surface area contributed by atoms with Crippen LogP contribution < -0.4 is 4.90 Å². The first-order valence-corrected chi connectivity index (χ1v) is 5.62. The minimum Gasteiger partial charge on any atom is -0.134 e. The molecule has 0 amide bonds. The number of hydrogen-bond acceptors (Lipinski definition) is 1. The zero-order chi connectivity index (χ0) is 9.97. The lowest BCUT2D eigenvalue weighted by Gasteiger charge is -2.07. The Morgan fingerprint density at radius 3 is 2.07 bits per heavy atom. The zero-order valence-corrected chi connectivity index (χ0v) is 9.16. The second-order valence-corrected chi connectivity index (χ2v) is 4.44. The second kappa shape index (κ2) is 4.14. The fourth-order valence-corrected chi connectivity index (χ4v) is 2.05. The van der Waals surface area contributed by atoms with E-state index in [0.29, 0.717) is 5.92 Å². The van der Waals surface area contributed by atoms with Crippen LogP contribution in [0.3, 0.4) is 0 Å². The molecule has 0 unspecified atom stereocenters. The van der Waals surface area contributed by atoms with E-state index in [1.54, 1.807) is 0 Å². The summed E-state index contributed by atoms with van der Waals surface area (Å²) in [5.41, 5.74) is 2.83. The Balaban J connectivity index is 2.12. The summed E-state index contributed by atoms with van der Waals surface area (Å²) in [5, 5.41) is 0. The van der Waals surface area contributed by atoms with Crippen LogP contribution in [-0.2, 0) is 0 Å². The van der Waals surface area contributed by atoms with Gasteiger partial charge in [-0.3, -0.25) is 0 Å². The highest BCUT2D eigenvalue weighted by Gasteiger charge is 2.23. The maximum absolute atomic E-state index is 2.48. The van der Waals surface area contributed by atoms with Crippen molar-refractivity contribution in [2.45, 2.75) is 32.6 Å². The van der Waals surface area contributed by atoms with Gasteiger partial charge >= 0.3 is 0 Å². The monoisotopic (exact) mass is 189 g/mol. The third-order valence-corrected chi connectivity index (χ3v) is 3.03. The topological polar surface area (TPSA) is 5.90 Å². The average molecular weight is 189 g/mol. The summed E-state index contributed by atoms with van der Waals surface area (Å²) in [7, 11) is 0. The SMILES string of the molecule is CC(C)c1ccc([N+]2CCCC2)cc1. The third-order valence-electron chi connectivity index (χ3n) is 3.03. The summed E-state index contributed by atoms with van der Waals surface area (Å²) in [4.78, 5) is 2.48. The van der Waals surface area contributed by atoms with Crippen molar-refractivity contribution in [1.82, 2.24) is 4.90 Å². The van der Waals surface area contributed by atoms with E-state index in [9.17, 15) is 0 Å². The van der Waals surface area contributed by atoms with Crippen molar-refractivity contribution in [1.29, 1.82) is 0 Å². The van der Waals surface area contributed by atoms with Gasteiger partial charge in [0, 0.05) is 25.0 Å². The lowest BCUT2D eigenvalue weighted by atomic mass is 10.0. The van der Waals surface area contributed by atoms with Crippen molar-refractivity contribution in [2.24, 2.45) is 0 Å². The molecule has 1 aromatic rings. The number of benzene rings is 1. The molecule has 1 nitrogen and oxygen atoms in total. The summed E-state index contributed by atoms with van der Waals surface area (Å²) in [5.74, 6) is 0.641. The molecule has 1 heteroatoms. The molecule has 14 heavy (non-hydrogen) atoms. The van der Waals surface area contributed by atoms with E-state index < -0.39 is 0 Å². The van der Waals surface area contributed by atoms with Crippen LogP contribution in [0.1, 0.15) is 38.2 Å². The first-order chi connectivity index (χ1) is 6.77. The van der Waals surface area contributed by atoms with Crippen molar-refractivity contribution >= 4 is 5.69 Å². The molecule has 1 heterocycles. The van der Waals surface area contributed by atoms with Gasteiger partial charge in [-0.15, -0.1) is 4.90 Å². The minimum atomic E-state index is 0.641. The van der Waals surface area contributed by atoms with Crippen molar-refractivity contribution in [2.75, 3.05) is 13.1 Å². The van der Waals surface area contributed by atoms with Gasteiger partial charge in [0.25, 0.3) is 0 Å². The molecular weight excluding hydrogens is 170 g/mol. The summed E-state index contributed by atoms with van der Waals surface area (Å²) < 4.78 is 0. The standard InChI is InChI=1S/C13H19N/c1-11(2)12-5-7-13(8-6-12)14-9-3-4-10-14/h5-8,11H,3-4,9-10H2,1-2H3/q+1. The number of rotatable bonds is 2. The molecule has 1 aliphatic heterocycles. The van der Waals surface area contributed by atoms with Crippen molar-refractivity contribution in [3.8, 4) is 0 Å². The molecule has 0 spiro atoms. The highest BCUT2D eigenvalue weighted by Crippen LogP contribution is 2.22. The predicted octanol–water partition coefficient (Wildman–Crippen LogP) is 3.38. The molecule has 1 saturated heterocycles. The lowest BCUT2D eigenvalue weighted by Crippen LogP contribution is -2.18. The van der Waals surface area contributed by atoms with E-state index in [1.165, 1.54) is 37.2 Å². The van der Waals surface area contributed by atoms with Crippen LogP contribution in [0.4, 0.5) is 5.69 Å². The first-order valence-electron chi connectivity index (χ1n) is 5.62. The molecule has 75 valence electrons. The van der Waals surface area contributed by atoms with E-state index in [4.69, 9.17) is 0 Å². The van der Waals surface area contributed by atoms with Crippen molar-refractivity contribution in [3.63, 3.8) is 0 Å². The van der Waals surface area contributed by atoms with Gasteiger partial charge in [-0.05, 0) is 11.5 Å². The van der Waals surface area contributed by atoms with Crippen LogP contribution in [0.5, 0.6) is 0 Å². The van der Waals surface area contributed by atoms with E-state index in [0.717, 1.165) is 0 Å². The van der Waals surface area contributed by atoms with Gasteiger partial charge in [-0.25, -0.2) is 0 Å². The summed E-state index contributed by atoms with van der Waals surface area (Å²) in [6, 6.07) is 9.05. The molecular formula is C13H19N+. The van der Waals surface area contributed by atoms with Gasteiger partial charge in [0.15, 0.2) is 5.69 Å². The Morgan fingerprint density at radius 1 is 1.00 bits per heavy atom. The van der Waals surface area contributed by atoms with Gasteiger partial charge in [-0.2, -0.15) is 0 Å². The molecule has 0 atom stereocenters. The van der Waals surface area contributed by atoms with Crippen LogP contribution in [0.25, 0.3) is 0 Å². The highest BCUT2D eigenvalue weighted by molar-refractivity contribution is 5.41. The molecule has 2 rings (SSSR count). The van der Waals surface area contributed by atoms with Gasteiger partial charge in [-0.1, -0.05) is 26.0 Å². The van der Waals surface area contributed by atoms with Crippen molar-refractivity contribution in [3.05, 3.63) is 29.8 Å². The highest BCUT2D eigenvalue weighted by atomic mass is 15.1. The van der Waals surface area contributed by atoms with Gasteiger partial charge in [0.2, 0.25) is 0 Å². The van der Waals surface area contributed by atoms with Gasteiger partial charge < -0.3 is 0 Å². The fraction of sp³-hybridized carbons (Fsp3) is 0.538. The molecule has 1 fully saturated rings. The van der Waals surface area contributed by atoms with Crippen LogP contribution in [0.15, 0.2) is 24.3 Å². The summed E-state index contributed by atoms with van der Waals surface area (Å²) in [6.45, 7) is 6.96. The summed E-state index contributed by atoms with van der Waals surface area (Å²) >= 11 is 0. The van der Waals surface area contributed by atoms with Gasteiger partial charge in [0.05, 0.1) is 0 Å². The zero-order valence-electron chi connectivity index (χ0n) is 9.16. The Labute approximate surface area is 86.7 Å². The third kappa shape index (κ3) is 1.98. The Bertz CT molecular complexity index is 281. The lowest BCUT2D eigenvalue weighted by molar-refractivity contribution is 0.647. The molecule has 0 aliphatic carbocycles. The fourth-order valence-electron chi connectivity index (χ4n) is 2.05. The van der Waals surface area contributed by atoms with Crippen LogP contribution in [0, 0.1) is 0 Å². The molecule has 0 saturated carbocycles. The normalized spacial score (nSPS) is 17.9. The van der Waals surface area contributed by atoms with Crippen LogP contribution >= 0.6 is 0 Å². The van der Waals surface area contributed by atoms with Crippen LogP contribution in [-0.4, -0.2) is 13.1 Å². The number of hydrogen-bond donors (Lipinski definition) is 0. The molecule has 1 radical (unpaired) electrons. The van der Waals surface area contributed by atoms with E-state index in [1.807, 2.05) is 0 Å². The maximum atomic E-state index is 2.48. The van der Waals surface area contributed by atoms with E-state index >= 15 is 0 Å². The average Bonchev–Trinajstić information content (AvgIpc) is 2.71. The minimum absolute atomic E-state index is 0.641. The van der Waals surface area contributed by atoms with Crippen LogP contribution in [0.2, 0.25) is 0 Å². The number of nitrogens with zero attached hydrogens (tertiary/aromatic N) is 1. The Hall–Kier alpha value is -0.820. The van der Waals surface area contributed by atoms with E-state index in [2.05, 4.69) is 43.0 Å². The molecule has 1 aliphatic rings. The van der Waals surface area contributed by atoms with Gasteiger partial charge in [0.1, 0.15) is 13.1 Å². The molecule has 1 aromatic carbocycles.